The van der Waals surface area contributed by atoms with E-state index in [0.717, 1.165) is 35.6 Å². The highest BCUT2D eigenvalue weighted by molar-refractivity contribution is 7.90. The molecular formula is C33H44N2O6S2. The summed E-state index contributed by atoms with van der Waals surface area (Å²) in [7, 11) is -7.53. The summed E-state index contributed by atoms with van der Waals surface area (Å²) < 4.78 is 56.4. The zero-order valence-corrected chi connectivity index (χ0v) is 27.3. The molecule has 7 rings (SSSR count). The van der Waals surface area contributed by atoms with Crippen LogP contribution in [0.1, 0.15) is 78.2 Å². The van der Waals surface area contributed by atoms with E-state index in [0.29, 0.717) is 31.1 Å². The first-order valence-electron chi connectivity index (χ1n) is 15.9. The number of hydrogen-bond acceptors (Lipinski definition) is 6. The van der Waals surface area contributed by atoms with Crippen LogP contribution in [0.15, 0.2) is 42.5 Å². The molecule has 7 atom stereocenters. The topological polar surface area (TPSA) is 109 Å². The molecule has 4 bridgehead atoms. The van der Waals surface area contributed by atoms with E-state index in [1.54, 1.807) is 12.2 Å². The molecule has 8 nitrogen and oxygen atoms in total. The van der Waals surface area contributed by atoms with Gasteiger partial charge < -0.3 is 0 Å². The van der Waals surface area contributed by atoms with Gasteiger partial charge in [-0.1, -0.05) is 70.2 Å². The molecule has 234 valence electrons. The maximum Gasteiger partial charge on any atom is 0.243 e. The minimum Gasteiger partial charge on any atom is -0.273 e. The smallest absolute Gasteiger partial charge is 0.243 e. The molecule has 0 radical (unpaired) electrons. The van der Waals surface area contributed by atoms with Gasteiger partial charge in [0.2, 0.25) is 31.9 Å². The van der Waals surface area contributed by atoms with Gasteiger partial charge in [-0.25, -0.2) is 25.4 Å². The third kappa shape index (κ3) is 3.83. The molecule has 2 amide bonds. The Morgan fingerprint density at radius 1 is 0.837 bits per heavy atom. The van der Waals surface area contributed by atoms with Crippen LogP contribution < -0.4 is 0 Å². The van der Waals surface area contributed by atoms with Crippen LogP contribution in [0.3, 0.4) is 0 Å². The average molecular weight is 629 g/mol. The Kier molecular flexibility index (Phi) is 6.30. The predicted octanol–water partition coefficient (Wildman–Crippen LogP) is 4.53. The van der Waals surface area contributed by atoms with E-state index >= 15 is 0 Å². The van der Waals surface area contributed by atoms with E-state index in [4.69, 9.17) is 0 Å². The molecule has 4 aliphatic carbocycles. The van der Waals surface area contributed by atoms with Gasteiger partial charge in [0.15, 0.2) is 0 Å². The van der Waals surface area contributed by atoms with Crippen LogP contribution in [0.4, 0.5) is 0 Å². The summed E-state index contributed by atoms with van der Waals surface area (Å²) in [4.78, 5) is 27.8. The van der Waals surface area contributed by atoms with Crippen LogP contribution in [0.5, 0.6) is 0 Å². The Hall–Kier alpha value is -2.20. The van der Waals surface area contributed by atoms with Crippen molar-refractivity contribution in [3.63, 3.8) is 0 Å². The minimum atomic E-state index is -3.80. The number of fused-ring (bicyclic) bond motifs is 2. The number of carbonyl (C=O) groups excluding carboxylic acids is 2. The molecule has 1 aromatic carbocycles. The SMILES string of the molecule is CC1(C)C2CCC13CS(=O)(=O)N(C(=O)C/C=C/[C@H](Cc1ccccc1)C(=O)N1[C@H]4CC5CCC4(CS1(=O)=O)C5(C)C)[C@H]3C2. The lowest BCUT2D eigenvalue weighted by Crippen LogP contribution is -2.46. The van der Waals surface area contributed by atoms with E-state index in [-0.39, 0.29) is 40.8 Å². The first-order chi connectivity index (χ1) is 20.1. The Labute approximate surface area is 256 Å². The molecular weight excluding hydrogens is 585 g/mol. The largest absolute Gasteiger partial charge is 0.273 e. The highest BCUT2D eigenvalue weighted by atomic mass is 32.2. The van der Waals surface area contributed by atoms with E-state index in [2.05, 4.69) is 27.7 Å². The Balaban J connectivity index is 1.15. The van der Waals surface area contributed by atoms with Crippen LogP contribution in [-0.4, -0.2) is 60.8 Å². The van der Waals surface area contributed by atoms with Crippen LogP contribution >= 0.6 is 0 Å². The lowest BCUT2D eigenvalue weighted by molar-refractivity contribution is -0.132. The van der Waals surface area contributed by atoms with Crippen molar-refractivity contribution in [1.82, 2.24) is 8.61 Å². The van der Waals surface area contributed by atoms with Crippen LogP contribution in [0, 0.1) is 39.4 Å². The van der Waals surface area contributed by atoms with Gasteiger partial charge in [0.25, 0.3) is 0 Å². The zero-order valence-electron chi connectivity index (χ0n) is 25.7. The van der Waals surface area contributed by atoms with Gasteiger partial charge in [-0.05, 0) is 73.2 Å². The number of benzene rings is 1. The number of rotatable bonds is 6. The monoisotopic (exact) mass is 628 g/mol. The third-order valence-electron chi connectivity index (χ3n) is 13.6. The van der Waals surface area contributed by atoms with Crippen molar-refractivity contribution in [2.24, 2.45) is 39.4 Å². The summed E-state index contributed by atoms with van der Waals surface area (Å²) >= 11 is 0. The fourth-order valence-electron chi connectivity index (χ4n) is 10.9. The maximum atomic E-state index is 14.2. The third-order valence-corrected chi connectivity index (χ3v) is 17.4. The van der Waals surface area contributed by atoms with Crippen molar-refractivity contribution in [1.29, 1.82) is 0 Å². The lowest BCUT2D eigenvalue weighted by Gasteiger charge is -2.37. The van der Waals surface area contributed by atoms with Crippen molar-refractivity contribution < 1.29 is 26.4 Å². The summed E-state index contributed by atoms with van der Waals surface area (Å²) in [6, 6.07) is 8.84. The van der Waals surface area contributed by atoms with Gasteiger partial charge in [0.1, 0.15) is 0 Å². The molecule has 6 aliphatic rings. The zero-order chi connectivity index (χ0) is 30.8. The highest BCUT2D eigenvalue weighted by Gasteiger charge is 2.73. The van der Waals surface area contributed by atoms with Crippen LogP contribution in [0.25, 0.3) is 0 Å². The number of hydrogen-bond donors (Lipinski definition) is 0. The standard InChI is InChI=1S/C33H44N2O6S2/c1-30(2)24-13-15-32(30)20-42(38,39)34(26(32)18-24)28(36)12-8-11-23(17-22-9-6-5-7-10-22)29(37)35-27-19-25-14-16-33(27,31(25,3)4)21-43(35,40)41/h5-11,23-27H,12-21H2,1-4H3/b11-8+/t23-,24?,25?,26+,27+,32?,33?/m1/s1. The normalized spacial score (nSPS) is 39.3. The number of sulfonamides is 2. The Morgan fingerprint density at radius 3 is 1.88 bits per heavy atom. The van der Waals surface area contributed by atoms with Gasteiger partial charge in [-0.15, -0.1) is 0 Å². The summed E-state index contributed by atoms with van der Waals surface area (Å²) in [6.07, 6.45) is 8.45. The van der Waals surface area contributed by atoms with Crippen molar-refractivity contribution >= 4 is 31.9 Å². The molecule has 1 aromatic rings. The van der Waals surface area contributed by atoms with Gasteiger partial charge in [-0.2, -0.15) is 0 Å². The second-order valence-electron chi connectivity index (χ2n) is 15.5. The fourth-order valence-corrected chi connectivity index (χ4v) is 16.0. The second-order valence-corrected chi connectivity index (χ2v) is 19.2. The molecule has 0 N–H and O–H groups in total. The molecule has 2 heterocycles. The fraction of sp³-hybridized carbons (Fsp3) is 0.697. The molecule has 6 fully saturated rings. The number of amides is 2. The lowest BCUT2D eigenvalue weighted by atomic mass is 9.69. The summed E-state index contributed by atoms with van der Waals surface area (Å²) in [5.41, 5.74) is -0.197. The van der Waals surface area contributed by atoms with Crippen molar-refractivity contribution in [2.45, 2.75) is 91.1 Å². The van der Waals surface area contributed by atoms with Crippen LogP contribution in [-0.2, 0) is 36.1 Å². The van der Waals surface area contributed by atoms with Gasteiger partial charge in [0, 0.05) is 17.3 Å². The predicted molar refractivity (Wildman–Crippen MR) is 163 cm³/mol. The van der Waals surface area contributed by atoms with E-state index in [9.17, 15) is 26.4 Å². The quantitative estimate of drug-likeness (QED) is 0.429. The van der Waals surface area contributed by atoms with Crippen molar-refractivity contribution in [2.75, 3.05) is 11.5 Å². The molecule has 2 saturated heterocycles. The van der Waals surface area contributed by atoms with E-state index < -0.39 is 48.6 Å². The average Bonchev–Trinajstić information content (AvgIpc) is 3.62. The Morgan fingerprint density at radius 2 is 1.35 bits per heavy atom. The van der Waals surface area contributed by atoms with Crippen molar-refractivity contribution in [3.8, 4) is 0 Å². The number of carbonyl (C=O) groups is 2. The van der Waals surface area contributed by atoms with E-state index in [1.807, 2.05) is 30.3 Å². The number of nitrogens with zero attached hydrogens (tertiary/aromatic N) is 2. The maximum absolute atomic E-state index is 14.2. The molecule has 4 saturated carbocycles. The molecule has 4 unspecified atom stereocenters. The highest BCUT2D eigenvalue weighted by Crippen LogP contribution is 2.71. The minimum absolute atomic E-state index is 0.00740. The first-order valence-corrected chi connectivity index (χ1v) is 19.1. The van der Waals surface area contributed by atoms with Gasteiger partial charge in [0.05, 0.1) is 29.5 Å². The van der Waals surface area contributed by atoms with Gasteiger partial charge in [-0.3, -0.25) is 9.59 Å². The summed E-state index contributed by atoms with van der Waals surface area (Å²) in [5.74, 6) is -0.862. The van der Waals surface area contributed by atoms with Crippen LogP contribution in [0.2, 0.25) is 0 Å². The molecule has 2 aliphatic heterocycles. The molecule has 2 spiro atoms. The summed E-state index contributed by atoms with van der Waals surface area (Å²) in [6.45, 7) is 8.63. The van der Waals surface area contributed by atoms with Gasteiger partial charge >= 0.3 is 0 Å². The van der Waals surface area contributed by atoms with E-state index in [1.165, 1.54) is 4.31 Å². The molecule has 43 heavy (non-hydrogen) atoms. The first kappa shape index (κ1) is 29.5. The molecule has 0 aromatic heterocycles. The Bertz CT molecular complexity index is 1620. The second kappa shape index (κ2) is 9.18. The van der Waals surface area contributed by atoms with Crippen molar-refractivity contribution in [3.05, 3.63) is 48.0 Å². The summed E-state index contributed by atoms with van der Waals surface area (Å²) in [5, 5.41) is 0. The molecule has 10 heteroatoms.